The molecule has 0 aliphatic heterocycles. The van der Waals surface area contributed by atoms with Gasteiger partial charge in [-0.2, -0.15) is 0 Å². The maximum atomic E-state index is 11.9. The molecule has 0 aromatic carbocycles. The molecule has 2 amide bonds. The summed E-state index contributed by atoms with van der Waals surface area (Å²) in [5, 5.41) is 6.07. The fraction of sp³-hybridized carbons (Fsp3) is 0.923. The first kappa shape index (κ1) is 43.1. The van der Waals surface area contributed by atoms with Gasteiger partial charge in [0.1, 0.15) is 0 Å². The van der Waals surface area contributed by atoms with Crippen LogP contribution in [0.2, 0.25) is 0 Å². The van der Waals surface area contributed by atoms with Crippen LogP contribution in [0.1, 0.15) is 219 Å². The van der Waals surface area contributed by atoms with E-state index in [-0.39, 0.29) is 6.03 Å². The highest BCUT2D eigenvalue weighted by Gasteiger charge is 2.00. The molecule has 42 heavy (non-hydrogen) atoms. The van der Waals surface area contributed by atoms with E-state index in [1.807, 2.05) is 0 Å². The van der Waals surface area contributed by atoms with Gasteiger partial charge in [-0.05, 0) is 12.8 Å². The lowest BCUT2D eigenvalue weighted by Gasteiger charge is -2.08. The highest BCUT2D eigenvalue weighted by molar-refractivity contribution is 5.73. The van der Waals surface area contributed by atoms with Gasteiger partial charge in [0.05, 0.1) is 0 Å². The molecule has 2 N–H and O–H groups in total. The van der Waals surface area contributed by atoms with Crippen molar-refractivity contribution in [3.63, 3.8) is 0 Å². The fourth-order valence-electron chi connectivity index (χ4n) is 5.81. The molecule has 0 saturated carbocycles. The Morgan fingerprint density at radius 2 is 0.500 bits per heavy atom. The molecule has 3 heteroatoms. The van der Waals surface area contributed by atoms with Crippen molar-refractivity contribution in [2.24, 2.45) is 0 Å². The summed E-state index contributed by atoms with van der Waals surface area (Å²) in [6.07, 6.45) is 44.4. The van der Waals surface area contributed by atoms with Crippen LogP contribution in [0.15, 0.2) is 13.2 Å². The molecule has 3 nitrogen and oxygen atoms in total. The number of carbonyl (C=O) groups is 1. The van der Waals surface area contributed by atoms with E-state index in [2.05, 4.69) is 37.6 Å². The molecule has 0 aromatic rings. The molecule has 252 valence electrons. The van der Waals surface area contributed by atoms with Gasteiger partial charge in [-0.3, -0.25) is 0 Å². The van der Waals surface area contributed by atoms with Crippen molar-refractivity contribution in [3.05, 3.63) is 13.2 Å². The van der Waals surface area contributed by atoms with E-state index in [4.69, 9.17) is 0 Å². The van der Waals surface area contributed by atoms with E-state index in [9.17, 15) is 4.79 Å². The smallest absolute Gasteiger partial charge is 0.314 e. The van der Waals surface area contributed by atoms with Gasteiger partial charge in [-0.25, -0.2) is 4.79 Å². The summed E-state index contributed by atoms with van der Waals surface area (Å²) < 4.78 is 0. The Labute approximate surface area is 266 Å². The minimum absolute atomic E-state index is 0.0296. The molecule has 0 aliphatic rings. The van der Waals surface area contributed by atoms with Gasteiger partial charge >= 0.3 is 6.03 Å². The van der Waals surface area contributed by atoms with Crippen LogP contribution in [0.4, 0.5) is 4.79 Å². The van der Waals surface area contributed by atoms with Gasteiger partial charge in [0, 0.05) is 13.1 Å². The summed E-state index contributed by atoms with van der Waals surface area (Å²) >= 11 is 0. The minimum atomic E-state index is 0.0296. The van der Waals surface area contributed by atoms with Crippen molar-refractivity contribution in [2.75, 3.05) is 13.1 Å². The van der Waals surface area contributed by atoms with Gasteiger partial charge in [-0.1, -0.05) is 206 Å². The van der Waals surface area contributed by atoms with E-state index in [0.717, 1.165) is 25.9 Å². The number of hydrogen-bond donors (Lipinski definition) is 2. The van der Waals surface area contributed by atoms with E-state index in [1.54, 1.807) is 0 Å². The maximum absolute atomic E-state index is 11.9. The van der Waals surface area contributed by atoms with Gasteiger partial charge in [0.15, 0.2) is 0 Å². The number of hydrogen-bond acceptors (Lipinski definition) is 1. The van der Waals surface area contributed by atoms with Crippen LogP contribution >= 0.6 is 0 Å². The average molecular weight is 593 g/mol. The first-order valence-corrected chi connectivity index (χ1v) is 19.3. The Hall–Kier alpha value is -0.990. The average Bonchev–Trinajstić information content (AvgIpc) is 3.01. The van der Waals surface area contributed by atoms with Gasteiger partial charge in [0.2, 0.25) is 0 Å². The highest BCUT2D eigenvalue weighted by Crippen LogP contribution is 2.15. The summed E-state index contributed by atoms with van der Waals surface area (Å²) in [5.74, 6) is 0. The molecular formula is C39H80N2O. The minimum Gasteiger partial charge on any atom is -0.338 e. The molecule has 0 aliphatic carbocycles. The molecule has 0 spiro atoms. The van der Waals surface area contributed by atoms with Crippen LogP contribution in [0, 0.1) is 0 Å². The zero-order valence-electron chi connectivity index (χ0n) is 29.4. The van der Waals surface area contributed by atoms with Crippen molar-refractivity contribution in [1.82, 2.24) is 10.6 Å². The van der Waals surface area contributed by atoms with Crippen molar-refractivity contribution >= 4 is 6.03 Å². The normalized spacial score (nSPS) is 10.8. The second-order valence-electron chi connectivity index (χ2n) is 12.8. The largest absolute Gasteiger partial charge is 0.338 e. The standard InChI is InChI=1S/C37H76N2O.C2H4/c1-3-5-7-9-11-13-15-17-19-21-23-25-27-29-31-33-35-38-37(40)39-36-34-32-30-28-26-24-22-20-18-16-14-12-10-8-6-4-2;1-2/h3-36H2,1-2H3,(H2,38,39,40);1-2H2. The number of carbonyl (C=O) groups excluding carboxylic acids is 1. The molecule has 0 aromatic heterocycles. The molecule has 0 fully saturated rings. The van der Waals surface area contributed by atoms with Crippen LogP contribution in [0.25, 0.3) is 0 Å². The summed E-state index contributed by atoms with van der Waals surface area (Å²) in [6, 6.07) is 0.0296. The monoisotopic (exact) mass is 593 g/mol. The third-order valence-electron chi connectivity index (χ3n) is 8.63. The number of nitrogens with one attached hydrogen (secondary N) is 2. The lowest BCUT2D eigenvalue weighted by atomic mass is 10.0. The lowest BCUT2D eigenvalue weighted by molar-refractivity contribution is 0.240. The molecule has 0 atom stereocenters. The summed E-state index contributed by atoms with van der Waals surface area (Å²) in [4.78, 5) is 11.9. The Morgan fingerprint density at radius 3 is 0.690 bits per heavy atom. The zero-order chi connectivity index (χ0) is 31.0. The molecular weight excluding hydrogens is 512 g/mol. The second kappa shape index (κ2) is 42.1. The van der Waals surface area contributed by atoms with Gasteiger partial charge in [-0.15, -0.1) is 13.2 Å². The second-order valence-corrected chi connectivity index (χ2v) is 12.8. The van der Waals surface area contributed by atoms with Crippen LogP contribution in [0.3, 0.4) is 0 Å². The first-order chi connectivity index (χ1) is 20.8. The van der Waals surface area contributed by atoms with Crippen molar-refractivity contribution < 1.29 is 4.79 Å². The molecule has 0 rings (SSSR count). The van der Waals surface area contributed by atoms with E-state index >= 15 is 0 Å². The highest BCUT2D eigenvalue weighted by atomic mass is 16.2. The first-order valence-electron chi connectivity index (χ1n) is 19.3. The molecule has 0 saturated heterocycles. The Morgan fingerprint density at radius 1 is 0.333 bits per heavy atom. The fourth-order valence-corrected chi connectivity index (χ4v) is 5.81. The maximum Gasteiger partial charge on any atom is 0.314 e. The predicted molar refractivity (Wildman–Crippen MR) is 192 cm³/mol. The predicted octanol–water partition coefficient (Wildman–Crippen LogP) is 13.6. The molecule has 0 heterocycles. The third-order valence-corrected chi connectivity index (χ3v) is 8.63. The Balaban J connectivity index is 0. The molecule has 0 radical (unpaired) electrons. The van der Waals surface area contributed by atoms with E-state index in [1.165, 1.54) is 193 Å². The van der Waals surface area contributed by atoms with Crippen molar-refractivity contribution in [2.45, 2.75) is 219 Å². The van der Waals surface area contributed by atoms with Crippen LogP contribution in [0.5, 0.6) is 0 Å². The number of rotatable bonds is 34. The van der Waals surface area contributed by atoms with E-state index in [0.29, 0.717) is 0 Å². The topological polar surface area (TPSA) is 41.1 Å². The number of unbranched alkanes of at least 4 members (excludes halogenated alkanes) is 30. The molecule has 0 unspecified atom stereocenters. The van der Waals surface area contributed by atoms with E-state index < -0.39 is 0 Å². The van der Waals surface area contributed by atoms with Crippen molar-refractivity contribution in [1.29, 1.82) is 0 Å². The van der Waals surface area contributed by atoms with Crippen LogP contribution < -0.4 is 10.6 Å². The SMILES string of the molecule is C=C.CCCCCCCCCCCCCCCCCCNC(=O)NCCCCCCCCCCCCCCCCCC. The Bertz CT molecular complexity index is 441. The Kier molecular flexibility index (Phi) is 43.3. The lowest BCUT2D eigenvalue weighted by Crippen LogP contribution is -2.36. The third kappa shape index (κ3) is 41.1. The van der Waals surface area contributed by atoms with Gasteiger partial charge < -0.3 is 10.6 Å². The van der Waals surface area contributed by atoms with Gasteiger partial charge in [0.25, 0.3) is 0 Å². The summed E-state index contributed by atoms with van der Waals surface area (Å²) in [6.45, 7) is 12.2. The number of urea groups is 1. The number of amides is 2. The van der Waals surface area contributed by atoms with Crippen LogP contribution in [-0.2, 0) is 0 Å². The molecule has 0 bridgehead atoms. The zero-order valence-corrected chi connectivity index (χ0v) is 29.4. The summed E-state index contributed by atoms with van der Waals surface area (Å²) in [7, 11) is 0. The van der Waals surface area contributed by atoms with Crippen molar-refractivity contribution in [3.8, 4) is 0 Å². The quantitative estimate of drug-likeness (QED) is 0.0566. The summed E-state index contributed by atoms with van der Waals surface area (Å²) in [5.41, 5.74) is 0. The van der Waals surface area contributed by atoms with Crippen LogP contribution in [-0.4, -0.2) is 19.1 Å².